The Kier molecular flexibility index (Phi) is 4.34. The van der Waals surface area contributed by atoms with Crippen molar-refractivity contribution >= 4 is 39.1 Å². The van der Waals surface area contributed by atoms with Crippen LogP contribution in [-0.2, 0) is 4.79 Å². The number of carbonyl (C=O) groups excluding carboxylic acids is 2. The molecule has 0 aliphatic carbocycles. The number of nitrogens with two attached hydrogens (primary N) is 1. The maximum absolute atomic E-state index is 12.0. The number of thiophene rings is 1. The van der Waals surface area contributed by atoms with Gasteiger partial charge in [-0.15, -0.1) is 11.3 Å². The Labute approximate surface area is 122 Å². The average Bonchev–Trinajstić information content (AvgIpc) is 2.83. The van der Waals surface area contributed by atoms with E-state index in [0.29, 0.717) is 10.4 Å². The second-order valence-electron chi connectivity index (χ2n) is 3.85. The monoisotopic (exact) mass is 338 g/mol. The van der Waals surface area contributed by atoms with Gasteiger partial charge in [-0.1, -0.05) is 30.3 Å². The van der Waals surface area contributed by atoms with Gasteiger partial charge in [-0.3, -0.25) is 9.59 Å². The zero-order valence-corrected chi connectivity index (χ0v) is 12.2. The van der Waals surface area contributed by atoms with E-state index < -0.39 is 11.9 Å². The first kappa shape index (κ1) is 13.8. The summed E-state index contributed by atoms with van der Waals surface area (Å²) in [6.45, 7) is 0. The van der Waals surface area contributed by atoms with Gasteiger partial charge in [0.2, 0.25) is 5.91 Å². The average molecular weight is 339 g/mol. The molecule has 98 valence electrons. The van der Waals surface area contributed by atoms with Gasteiger partial charge in [-0.25, -0.2) is 0 Å². The molecule has 0 saturated heterocycles. The van der Waals surface area contributed by atoms with Gasteiger partial charge in [-0.2, -0.15) is 0 Å². The number of rotatable bonds is 4. The van der Waals surface area contributed by atoms with Crippen LogP contribution >= 0.6 is 27.3 Å². The van der Waals surface area contributed by atoms with Crippen LogP contribution in [0.2, 0.25) is 0 Å². The molecule has 4 nitrogen and oxygen atoms in total. The topological polar surface area (TPSA) is 72.2 Å². The zero-order chi connectivity index (χ0) is 13.8. The van der Waals surface area contributed by atoms with Crippen molar-refractivity contribution in [3.8, 4) is 0 Å². The minimum absolute atomic E-state index is 0.316. The van der Waals surface area contributed by atoms with Crippen LogP contribution in [0, 0.1) is 0 Å². The lowest BCUT2D eigenvalue weighted by Crippen LogP contribution is -2.37. The van der Waals surface area contributed by atoms with Gasteiger partial charge in [0.1, 0.15) is 6.04 Å². The highest BCUT2D eigenvalue weighted by molar-refractivity contribution is 9.10. The molecule has 1 heterocycles. The van der Waals surface area contributed by atoms with E-state index in [9.17, 15) is 9.59 Å². The predicted octanol–water partition coefficient (Wildman–Crippen LogP) is 2.47. The molecule has 1 aromatic heterocycles. The molecule has 1 unspecified atom stereocenters. The fourth-order valence-electron chi connectivity index (χ4n) is 1.60. The van der Waals surface area contributed by atoms with E-state index in [0.717, 1.165) is 4.47 Å². The van der Waals surface area contributed by atoms with Crippen LogP contribution in [0.5, 0.6) is 0 Å². The number of carbonyl (C=O) groups is 2. The first-order chi connectivity index (χ1) is 9.08. The highest BCUT2D eigenvalue weighted by atomic mass is 79.9. The van der Waals surface area contributed by atoms with Crippen LogP contribution in [-0.4, -0.2) is 11.8 Å². The predicted molar refractivity (Wildman–Crippen MR) is 77.9 cm³/mol. The Bertz CT molecular complexity index is 598. The maximum atomic E-state index is 12.0. The van der Waals surface area contributed by atoms with Gasteiger partial charge in [0.15, 0.2) is 0 Å². The third-order valence-electron chi connectivity index (χ3n) is 2.48. The molecular formula is C13H11BrN2O2S. The molecule has 1 aromatic carbocycles. The molecule has 1 atom stereocenters. The molecule has 19 heavy (non-hydrogen) atoms. The first-order valence-electron chi connectivity index (χ1n) is 5.47. The van der Waals surface area contributed by atoms with Gasteiger partial charge < -0.3 is 11.1 Å². The highest BCUT2D eigenvalue weighted by Crippen LogP contribution is 2.21. The summed E-state index contributed by atoms with van der Waals surface area (Å²) in [5.74, 6) is -0.904. The fourth-order valence-corrected chi connectivity index (χ4v) is 2.93. The minimum atomic E-state index is -0.824. The summed E-state index contributed by atoms with van der Waals surface area (Å²) in [4.78, 5) is 24.0. The lowest BCUT2D eigenvalue weighted by atomic mass is 10.1. The number of benzene rings is 1. The summed E-state index contributed by atoms with van der Waals surface area (Å²) in [5.41, 5.74) is 6.01. The number of amides is 2. The summed E-state index contributed by atoms with van der Waals surface area (Å²) in [6.07, 6.45) is 0. The van der Waals surface area contributed by atoms with Crippen LogP contribution in [0.4, 0.5) is 0 Å². The molecule has 2 amide bonds. The lowest BCUT2D eigenvalue weighted by molar-refractivity contribution is -0.120. The fraction of sp³-hybridized carbons (Fsp3) is 0.0769. The molecule has 0 saturated carbocycles. The van der Waals surface area contributed by atoms with E-state index in [4.69, 9.17) is 5.73 Å². The minimum Gasteiger partial charge on any atom is -0.368 e. The molecule has 2 aromatic rings. The summed E-state index contributed by atoms with van der Waals surface area (Å²) < 4.78 is 0.831. The Morgan fingerprint density at radius 1 is 1.26 bits per heavy atom. The van der Waals surface area contributed by atoms with E-state index >= 15 is 0 Å². The molecule has 2 rings (SSSR count). The number of hydrogen-bond donors (Lipinski definition) is 2. The van der Waals surface area contributed by atoms with E-state index in [-0.39, 0.29) is 5.91 Å². The van der Waals surface area contributed by atoms with Crippen molar-refractivity contribution in [3.63, 3.8) is 0 Å². The van der Waals surface area contributed by atoms with Crippen molar-refractivity contribution in [2.24, 2.45) is 5.73 Å². The third-order valence-corrected chi connectivity index (χ3v) is 4.17. The smallest absolute Gasteiger partial charge is 0.262 e. The molecule has 0 fully saturated rings. The van der Waals surface area contributed by atoms with Crippen molar-refractivity contribution < 1.29 is 9.59 Å². The van der Waals surface area contributed by atoms with Crippen LogP contribution in [0.1, 0.15) is 21.3 Å². The summed E-state index contributed by atoms with van der Waals surface area (Å²) >= 11 is 4.57. The standard InChI is InChI=1S/C13H11BrN2O2S/c14-9-6-10(19-7-9)13(18)16-11(12(15)17)8-4-2-1-3-5-8/h1-7,11H,(H2,15,17)(H,16,18). The number of nitrogens with one attached hydrogen (secondary N) is 1. The van der Waals surface area contributed by atoms with Crippen molar-refractivity contribution in [2.45, 2.75) is 6.04 Å². The largest absolute Gasteiger partial charge is 0.368 e. The zero-order valence-electron chi connectivity index (χ0n) is 9.80. The van der Waals surface area contributed by atoms with E-state index in [2.05, 4.69) is 21.2 Å². The van der Waals surface area contributed by atoms with Gasteiger partial charge >= 0.3 is 0 Å². The summed E-state index contributed by atoms with van der Waals surface area (Å²) in [6, 6.07) is 9.79. The number of primary amides is 1. The first-order valence-corrected chi connectivity index (χ1v) is 7.14. The Hall–Kier alpha value is -1.66. The van der Waals surface area contributed by atoms with Crippen LogP contribution in [0.25, 0.3) is 0 Å². The van der Waals surface area contributed by atoms with E-state index in [1.54, 1.807) is 35.7 Å². The van der Waals surface area contributed by atoms with Crippen molar-refractivity contribution in [1.29, 1.82) is 0 Å². The summed E-state index contributed by atoms with van der Waals surface area (Å²) in [5, 5.41) is 4.44. The molecule has 0 spiro atoms. The Balaban J connectivity index is 2.18. The molecule has 0 bridgehead atoms. The molecule has 0 aliphatic rings. The van der Waals surface area contributed by atoms with Gasteiger partial charge in [0, 0.05) is 9.85 Å². The van der Waals surface area contributed by atoms with Crippen molar-refractivity contribution in [2.75, 3.05) is 0 Å². The third kappa shape index (κ3) is 3.42. The van der Waals surface area contributed by atoms with E-state index in [1.807, 2.05) is 6.07 Å². The summed E-state index contributed by atoms with van der Waals surface area (Å²) in [7, 11) is 0. The van der Waals surface area contributed by atoms with Crippen LogP contribution in [0.15, 0.2) is 46.3 Å². The lowest BCUT2D eigenvalue weighted by Gasteiger charge is -2.15. The number of hydrogen-bond acceptors (Lipinski definition) is 3. The Morgan fingerprint density at radius 3 is 2.47 bits per heavy atom. The molecule has 6 heteroatoms. The van der Waals surface area contributed by atoms with Crippen LogP contribution in [0.3, 0.4) is 0 Å². The van der Waals surface area contributed by atoms with Crippen molar-refractivity contribution in [1.82, 2.24) is 5.32 Å². The van der Waals surface area contributed by atoms with Crippen molar-refractivity contribution in [3.05, 3.63) is 56.7 Å². The van der Waals surface area contributed by atoms with E-state index in [1.165, 1.54) is 11.3 Å². The highest BCUT2D eigenvalue weighted by Gasteiger charge is 2.21. The second kappa shape index (κ2) is 5.99. The Morgan fingerprint density at radius 2 is 1.95 bits per heavy atom. The molecule has 3 N–H and O–H groups in total. The van der Waals surface area contributed by atoms with Crippen LogP contribution < -0.4 is 11.1 Å². The quantitative estimate of drug-likeness (QED) is 0.898. The second-order valence-corrected chi connectivity index (χ2v) is 5.68. The molecule has 0 aliphatic heterocycles. The number of halogens is 1. The van der Waals surface area contributed by atoms with Gasteiger partial charge in [-0.05, 0) is 27.6 Å². The normalized spacial score (nSPS) is 11.8. The van der Waals surface area contributed by atoms with Gasteiger partial charge in [0.25, 0.3) is 5.91 Å². The van der Waals surface area contributed by atoms with Gasteiger partial charge in [0.05, 0.1) is 4.88 Å². The molecular weight excluding hydrogens is 328 g/mol. The molecule has 0 radical (unpaired) electrons. The SMILES string of the molecule is NC(=O)C(NC(=O)c1cc(Br)cs1)c1ccccc1. The maximum Gasteiger partial charge on any atom is 0.262 e.